The Balaban J connectivity index is 1.62. The zero-order chi connectivity index (χ0) is 19.5. The topological polar surface area (TPSA) is 78.1 Å². The Bertz CT molecular complexity index is 1240. The summed E-state index contributed by atoms with van der Waals surface area (Å²) < 4.78 is 7.79. The molecule has 0 aliphatic rings. The highest BCUT2D eigenvalue weighted by molar-refractivity contribution is 5.72. The van der Waals surface area contributed by atoms with Crippen molar-refractivity contribution in [2.45, 2.75) is 6.61 Å². The van der Waals surface area contributed by atoms with Crippen LogP contribution in [-0.4, -0.2) is 29.8 Å². The first-order chi connectivity index (χ1) is 14.4. The Hall–Kier alpha value is -4.13. The van der Waals surface area contributed by atoms with E-state index < -0.39 is 0 Å². The van der Waals surface area contributed by atoms with Crippen LogP contribution in [-0.2, 0) is 6.61 Å². The van der Waals surface area contributed by atoms with Crippen LogP contribution in [0.1, 0.15) is 5.56 Å². The van der Waals surface area contributed by atoms with E-state index in [4.69, 9.17) is 9.84 Å². The lowest BCUT2D eigenvalue weighted by Gasteiger charge is -2.11. The third-order valence-corrected chi connectivity index (χ3v) is 4.47. The Morgan fingerprint density at radius 2 is 1.48 bits per heavy atom. The fourth-order valence-corrected chi connectivity index (χ4v) is 3.07. The van der Waals surface area contributed by atoms with E-state index in [0.29, 0.717) is 24.0 Å². The molecule has 0 fully saturated rings. The molecule has 0 saturated heterocycles. The summed E-state index contributed by atoms with van der Waals surface area (Å²) in [6.07, 6.45) is 4.94. The molecule has 5 aromatic rings. The van der Waals surface area contributed by atoms with Gasteiger partial charge in [-0.05, 0) is 11.6 Å². The molecule has 0 atom stereocenters. The Morgan fingerprint density at radius 3 is 2.21 bits per heavy atom. The zero-order valence-corrected chi connectivity index (χ0v) is 15.4. The van der Waals surface area contributed by atoms with E-state index in [1.165, 1.54) is 6.33 Å². The average Bonchev–Trinajstić information content (AvgIpc) is 3.22. The molecule has 29 heavy (non-hydrogen) atoms. The summed E-state index contributed by atoms with van der Waals surface area (Å²) in [4.78, 5) is 8.07. The molecule has 0 bridgehead atoms. The number of aromatic nitrogens is 6. The fourth-order valence-electron chi connectivity index (χ4n) is 3.07. The van der Waals surface area contributed by atoms with Gasteiger partial charge in [0.25, 0.3) is 0 Å². The summed E-state index contributed by atoms with van der Waals surface area (Å²) in [7, 11) is 0. The average molecular weight is 380 g/mol. The number of ether oxygens (including phenoxy) is 1. The van der Waals surface area contributed by atoms with E-state index in [0.717, 1.165) is 22.3 Å². The van der Waals surface area contributed by atoms with Crippen molar-refractivity contribution in [2.24, 2.45) is 0 Å². The van der Waals surface area contributed by atoms with Gasteiger partial charge in [-0.15, -0.1) is 15.3 Å². The number of rotatable bonds is 5. The molecule has 3 heterocycles. The predicted octanol–water partition coefficient (Wildman–Crippen LogP) is 3.83. The molecule has 0 radical (unpaired) electrons. The quantitative estimate of drug-likeness (QED) is 0.461. The summed E-state index contributed by atoms with van der Waals surface area (Å²) in [6.45, 7) is 0.308. The van der Waals surface area contributed by atoms with E-state index in [9.17, 15) is 0 Å². The van der Waals surface area contributed by atoms with Gasteiger partial charge >= 0.3 is 0 Å². The summed E-state index contributed by atoms with van der Waals surface area (Å²) >= 11 is 0. The summed E-state index contributed by atoms with van der Waals surface area (Å²) in [6, 6.07) is 21.7. The van der Waals surface area contributed by atoms with E-state index in [1.54, 1.807) is 16.9 Å². The second-order valence-corrected chi connectivity index (χ2v) is 6.42. The first kappa shape index (κ1) is 17.0. The summed E-state index contributed by atoms with van der Waals surface area (Å²) in [5.41, 5.74) is 4.29. The van der Waals surface area contributed by atoms with Gasteiger partial charge in [-0.3, -0.25) is 0 Å². The fraction of sp³-hybridized carbons (Fsp3) is 0.0455. The van der Waals surface area contributed by atoms with E-state index in [2.05, 4.69) is 20.2 Å². The van der Waals surface area contributed by atoms with Crippen LogP contribution in [0.2, 0.25) is 0 Å². The minimum Gasteiger partial charge on any atom is -0.471 e. The monoisotopic (exact) mass is 380 g/mol. The standard InChI is InChI=1S/C22H16N6O/c1-3-7-17(8-4-1)19-11-20-25-26-21(18-9-5-2-6-10-18)28(20)27-22(19)29-14-16-12-23-15-24-13-16/h1-13,15H,14H2. The molecule has 5 rings (SSSR count). The van der Waals surface area contributed by atoms with Gasteiger partial charge in [-0.25, -0.2) is 9.97 Å². The lowest BCUT2D eigenvalue weighted by molar-refractivity contribution is 0.290. The maximum atomic E-state index is 6.08. The van der Waals surface area contributed by atoms with Gasteiger partial charge < -0.3 is 4.74 Å². The predicted molar refractivity (Wildman–Crippen MR) is 108 cm³/mol. The lowest BCUT2D eigenvalue weighted by atomic mass is 10.1. The third kappa shape index (κ3) is 3.41. The van der Waals surface area contributed by atoms with Crippen molar-refractivity contribution in [3.05, 3.63) is 91.0 Å². The molecule has 0 aliphatic carbocycles. The minimum atomic E-state index is 0.308. The molecule has 3 aromatic heterocycles. The van der Waals surface area contributed by atoms with Crippen LogP contribution in [0.5, 0.6) is 5.88 Å². The van der Waals surface area contributed by atoms with Gasteiger partial charge in [0.05, 0.1) is 0 Å². The Labute approximate surface area is 166 Å². The molecule has 0 aliphatic heterocycles. The van der Waals surface area contributed by atoms with Gasteiger partial charge in [0, 0.05) is 29.1 Å². The van der Waals surface area contributed by atoms with Crippen LogP contribution in [0, 0.1) is 0 Å². The second-order valence-electron chi connectivity index (χ2n) is 6.42. The summed E-state index contributed by atoms with van der Waals surface area (Å²) in [5, 5.41) is 13.4. The molecule has 0 saturated carbocycles. The van der Waals surface area contributed by atoms with Crippen molar-refractivity contribution < 1.29 is 4.74 Å². The van der Waals surface area contributed by atoms with Crippen molar-refractivity contribution in [2.75, 3.05) is 0 Å². The van der Waals surface area contributed by atoms with E-state index >= 15 is 0 Å². The maximum Gasteiger partial charge on any atom is 0.240 e. The zero-order valence-electron chi connectivity index (χ0n) is 15.4. The van der Waals surface area contributed by atoms with Crippen LogP contribution in [0.25, 0.3) is 28.2 Å². The number of hydrogen-bond acceptors (Lipinski definition) is 6. The minimum absolute atomic E-state index is 0.308. The number of hydrogen-bond donors (Lipinski definition) is 0. The second kappa shape index (κ2) is 7.47. The molecule has 7 heteroatoms. The molecule has 0 spiro atoms. The van der Waals surface area contributed by atoms with Gasteiger partial charge in [0.1, 0.15) is 12.9 Å². The Kier molecular flexibility index (Phi) is 4.38. The number of nitrogens with zero attached hydrogens (tertiary/aromatic N) is 6. The first-order valence-electron chi connectivity index (χ1n) is 9.12. The van der Waals surface area contributed by atoms with Gasteiger partial charge in [-0.1, -0.05) is 60.7 Å². The van der Waals surface area contributed by atoms with Crippen LogP contribution in [0.15, 0.2) is 85.5 Å². The molecular weight excluding hydrogens is 364 g/mol. The van der Waals surface area contributed by atoms with Crippen molar-refractivity contribution in [1.82, 2.24) is 29.8 Å². The molecule has 0 N–H and O–H groups in total. The highest BCUT2D eigenvalue weighted by Gasteiger charge is 2.16. The van der Waals surface area contributed by atoms with Crippen molar-refractivity contribution >= 4 is 5.65 Å². The van der Waals surface area contributed by atoms with Crippen LogP contribution in [0.4, 0.5) is 0 Å². The van der Waals surface area contributed by atoms with Crippen LogP contribution >= 0.6 is 0 Å². The van der Waals surface area contributed by atoms with Gasteiger partial charge in [0.15, 0.2) is 11.5 Å². The molecule has 2 aromatic carbocycles. The Morgan fingerprint density at radius 1 is 0.793 bits per heavy atom. The van der Waals surface area contributed by atoms with Crippen molar-refractivity contribution in [1.29, 1.82) is 0 Å². The SMILES string of the molecule is c1ccc(-c2cc3nnc(-c4ccccc4)n3nc2OCc2cncnc2)cc1. The van der Waals surface area contributed by atoms with E-state index in [-0.39, 0.29) is 0 Å². The molecule has 7 nitrogen and oxygen atoms in total. The van der Waals surface area contributed by atoms with Crippen molar-refractivity contribution in [3.8, 4) is 28.4 Å². The molecule has 0 amide bonds. The van der Waals surface area contributed by atoms with E-state index in [1.807, 2.05) is 66.7 Å². The third-order valence-electron chi connectivity index (χ3n) is 4.47. The van der Waals surface area contributed by atoms with Crippen LogP contribution in [0.3, 0.4) is 0 Å². The van der Waals surface area contributed by atoms with Crippen LogP contribution < -0.4 is 4.74 Å². The number of benzene rings is 2. The molecule has 140 valence electrons. The highest BCUT2D eigenvalue weighted by atomic mass is 16.5. The maximum absolute atomic E-state index is 6.08. The molecular formula is C22H16N6O. The van der Waals surface area contributed by atoms with Gasteiger partial charge in [0.2, 0.25) is 5.88 Å². The molecule has 0 unspecified atom stereocenters. The first-order valence-corrected chi connectivity index (χ1v) is 9.12. The largest absolute Gasteiger partial charge is 0.471 e. The normalized spacial score (nSPS) is 10.9. The highest BCUT2D eigenvalue weighted by Crippen LogP contribution is 2.30. The smallest absolute Gasteiger partial charge is 0.240 e. The van der Waals surface area contributed by atoms with Gasteiger partial charge in [-0.2, -0.15) is 4.52 Å². The number of fused-ring (bicyclic) bond motifs is 1. The lowest BCUT2D eigenvalue weighted by Crippen LogP contribution is -2.04. The van der Waals surface area contributed by atoms with Crippen molar-refractivity contribution in [3.63, 3.8) is 0 Å². The summed E-state index contributed by atoms with van der Waals surface area (Å²) in [5.74, 6) is 1.15.